The van der Waals surface area contributed by atoms with Crippen LogP contribution in [-0.2, 0) is 22.6 Å². The molecule has 1 aromatic carbocycles. The van der Waals surface area contributed by atoms with Crippen molar-refractivity contribution in [3.63, 3.8) is 0 Å². The van der Waals surface area contributed by atoms with Gasteiger partial charge in [-0.05, 0) is 17.2 Å². The van der Waals surface area contributed by atoms with Crippen LogP contribution in [0.25, 0.3) is 0 Å². The van der Waals surface area contributed by atoms with E-state index in [-0.39, 0.29) is 17.7 Å². The molecule has 0 saturated carbocycles. The molecular weight excluding hydrogens is 230 g/mol. The van der Waals surface area contributed by atoms with Crippen LogP contribution in [0, 0.1) is 5.92 Å². The number of amides is 2. The maximum Gasteiger partial charge on any atom is 0.228 e. The molecule has 2 aliphatic heterocycles. The molecule has 0 atom stereocenters. The number of nitrogens with one attached hydrogen (secondary N) is 3. The minimum Gasteiger partial charge on any atom is -0.352 e. The number of anilines is 1. The Hall–Kier alpha value is -1.88. The number of hydrogen-bond donors (Lipinski definition) is 3. The Bertz CT molecular complexity index is 509. The minimum absolute atomic E-state index is 0.0340. The molecule has 94 valence electrons. The Morgan fingerprint density at radius 2 is 2.22 bits per heavy atom. The molecule has 0 unspecified atom stereocenters. The van der Waals surface area contributed by atoms with Crippen LogP contribution in [0.3, 0.4) is 0 Å². The number of rotatable bonds is 3. The van der Waals surface area contributed by atoms with Crippen LogP contribution in [0.1, 0.15) is 11.1 Å². The zero-order valence-electron chi connectivity index (χ0n) is 9.95. The van der Waals surface area contributed by atoms with Gasteiger partial charge in [-0.25, -0.2) is 0 Å². The summed E-state index contributed by atoms with van der Waals surface area (Å²) >= 11 is 0. The summed E-state index contributed by atoms with van der Waals surface area (Å²) in [5, 5.41) is 8.78. The van der Waals surface area contributed by atoms with Gasteiger partial charge in [0.05, 0.1) is 12.3 Å². The van der Waals surface area contributed by atoms with E-state index >= 15 is 0 Å². The number of benzene rings is 1. The van der Waals surface area contributed by atoms with Gasteiger partial charge < -0.3 is 16.0 Å². The third-order valence-corrected chi connectivity index (χ3v) is 3.41. The molecule has 1 fully saturated rings. The second-order valence-electron chi connectivity index (χ2n) is 4.79. The molecule has 3 N–H and O–H groups in total. The molecule has 2 amide bonds. The van der Waals surface area contributed by atoms with Gasteiger partial charge >= 0.3 is 0 Å². The highest BCUT2D eigenvalue weighted by atomic mass is 16.2. The highest BCUT2D eigenvalue weighted by molar-refractivity contribution is 5.99. The Kier molecular flexibility index (Phi) is 2.76. The van der Waals surface area contributed by atoms with Gasteiger partial charge in [-0.2, -0.15) is 0 Å². The molecule has 0 radical (unpaired) electrons. The van der Waals surface area contributed by atoms with Crippen LogP contribution in [0.15, 0.2) is 18.2 Å². The predicted molar refractivity (Wildman–Crippen MR) is 67.0 cm³/mol. The van der Waals surface area contributed by atoms with Crippen molar-refractivity contribution < 1.29 is 9.59 Å². The van der Waals surface area contributed by atoms with E-state index in [2.05, 4.69) is 16.0 Å². The normalized spacial score (nSPS) is 17.9. The lowest BCUT2D eigenvalue weighted by molar-refractivity contribution is -0.126. The molecular formula is C13H15N3O2. The van der Waals surface area contributed by atoms with Crippen LogP contribution < -0.4 is 16.0 Å². The van der Waals surface area contributed by atoms with Gasteiger partial charge in [0.2, 0.25) is 11.8 Å². The molecule has 2 aliphatic rings. The van der Waals surface area contributed by atoms with Crippen molar-refractivity contribution in [2.45, 2.75) is 13.0 Å². The largest absolute Gasteiger partial charge is 0.352 e. The Morgan fingerprint density at radius 1 is 1.39 bits per heavy atom. The summed E-state index contributed by atoms with van der Waals surface area (Å²) in [7, 11) is 0. The van der Waals surface area contributed by atoms with E-state index < -0.39 is 0 Å². The summed E-state index contributed by atoms with van der Waals surface area (Å²) in [4.78, 5) is 22.9. The van der Waals surface area contributed by atoms with Crippen molar-refractivity contribution in [3.8, 4) is 0 Å². The summed E-state index contributed by atoms with van der Waals surface area (Å²) in [6, 6.07) is 5.81. The summed E-state index contributed by atoms with van der Waals surface area (Å²) < 4.78 is 0. The molecule has 1 saturated heterocycles. The van der Waals surface area contributed by atoms with E-state index in [0.29, 0.717) is 13.0 Å². The molecule has 0 aliphatic carbocycles. The number of carbonyl (C=O) groups is 2. The van der Waals surface area contributed by atoms with Crippen molar-refractivity contribution in [2.24, 2.45) is 5.92 Å². The third kappa shape index (κ3) is 2.09. The van der Waals surface area contributed by atoms with Gasteiger partial charge in [-0.15, -0.1) is 0 Å². The zero-order chi connectivity index (χ0) is 12.5. The first-order chi connectivity index (χ1) is 8.72. The van der Waals surface area contributed by atoms with Crippen LogP contribution >= 0.6 is 0 Å². The lowest BCUT2D eigenvalue weighted by Gasteiger charge is -2.25. The Labute approximate surface area is 105 Å². The number of fused-ring (bicyclic) bond motifs is 1. The third-order valence-electron chi connectivity index (χ3n) is 3.41. The highest BCUT2D eigenvalue weighted by Crippen LogP contribution is 2.23. The molecule has 0 aromatic heterocycles. The van der Waals surface area contributed by atoms with Gasteiger partial charge in [0.15, 0.2) is 0 Å². The molecule has 1 aromatic rings. The quantitative estimate of drug-likeness (QED) is 0.703. The number of carbonyl (C=O) groups excluding carboxylic acids is 2. The van der Waals surface area contributed by atoms with Gasteiger partial charge in [-0.1, -0.05) is 12.1 Å². The van der Waals surface area contributed by atoms with Crippen molar-refractivity contribution >= 4 is 17.5 Å². The van der Waals surface area contributed by atoms with Crippen molar-refractivity contribution in [2.75, 3.05) is 18.4 Å². The minimum atomic E-state index is 0.0340. The average molecular weight is 245 g/mol. The van der Waals surface area contributed by atoms with E-state index in [1.807, 2.05) is 18.2 Å². The van der Waals surface area contributed by atoms with E-state index in [1.165, 1.54) is 0 Å². The monoisotopic (exact) mass is 245 g/mol. The van der Waals surface area contributed by atoms with Crippen molar-refractivity contribution in [1.82, 2.24) is 10.6 Å². The van der Waals surface area contributed by atoms with Crippen LogP contribution in [0.4, 0.5) is 5.69 Å². The maximum absolute atomic E-state index is 11.7. The lowest BCUT2D eigenvalue weighted by atomic mass is 10.0. The molecule has 2 heterocycles. The predicted octanol–water partition coefficient (Wildman–Crippen LogP) is 0.0168. The topological polar surface area (TPSA) is 70.2 Å². The fraction of sp³-hybridized carbons (Fsp3) is 0.385. The van der Waals surface area contributed by atoms with Gasteiger partial charge in [0.1, 0.15) is 0 Å². The molecule has 18 heavy (non-hydrogen) atoms. The molecule has 5 nitrogen and oxygen atoms in total. The fourth-order valence-corrected chi connectivity index (χ4v) is 2.20. The van der Waals surface area contributed by atoms with E-state index in [4.69, 9.17) is 0 Å². The molecule has 3 rings (SSSR count). The van der Waals surface area contributed by atoms with E-state index in [0.717, 1.165) is 29.9 Å². The van der Waals surface area contributed by atoms with E-state index in [9.17, 15) is 9.59 Å². The van der Waals surface area contributed by atoms with E-state index in [1.54, 1.807) is 0 Å². The Balaban J connectivity index is 1.61. The first-order valence-electron chi connectivity index (χ1n) is 6.12. The maximum atomic E-state index is 11.7. The smallest absolute Gasteiger partial charge is 0.228 e. The average Bonchev–Trinajstić information content (AvgIpc) is 2.63. The zero-order valence-corrected chi connectivity index (χ0v) is 9.95. The highest BCUT2D eigenvalue weighted by Gasteiger charge is 2.24. The summed E-state index contributed by atoms with van der Waals surface area (Å²) in [5.74, 6) is 0.248. The van der Waals surface area contributed by atoms with Crippen LogP contribution in [0.2, 0.25) is 0 Å². The van der Waals surface area contributed by atoms with Crippen molar-refractivity contribution in [1.29, 1.82) is 0 Å². The first kappa shape index (κ1) is 11.2. The summed E-state index contributed by atoms with van der Waals surface area (Å²) in [5.41, 5.74) is 2.93. The van der Waals surface area contributed by atoms with Crippen LogP contribution in [-0.4, -0.2) is 24.9 Å². The summed E-state index contributed by atoms with van der Waals surface area (Å²) in [6.07, 6.45) is 0.434. The standard InChI is InChI=1S/C13H15N3O2/c17-12-4-9-3-8(1-2-11(9)16-12)5-15-13(18)10-6-14-7-10/h1-3,10,14H,4-7H2,(H,15,18)(H,16,17). The van der Waals surface area contributed by atoms with Crippen molar-refractivity contribution in [3.05, 3.63) is 29.3 Å². The fourth-order valence-electron chi connectivity index (χ4n) is 2.20. The number of hydrogen-bond acceptors (Lipinski definition) is 3. The molecule has 5 heteroatoms. The first-order valence-corrected chi connectivity index (χ1v) is 6.12. The summed E-state index contributed by atoms with van der Waals surface area (Å²) in [6.45, 7) is 2.07. The molecule has 0 bridgehead atoms. The second kappa shape index (κ2) is 4.42. The van der Waals surface area contributed by atoms with Gasteiger partial charge in [0, 0.05) is 25.3 Å². The molecule has 0 spiro atoms. The Morgan fingerprint density at radius 3 is 2.94 bits per heavy atom. The lowest BCUT2D eigenvalue weighted by Crippen LogP contribution is -2.50. The van der Waals surface area contributed by atoms with Crippen LogP contribution in [0.5, 0.6) is 0 Å². The van der Waals surface area contributed by atoms with Gasteiger partial charge in [-0.3, -0.25) is 9.59 Å². The van der Waals surface area contributed by atoms with Gasteiger partial charge in [0.25, 0.3) is 0 Å². The second-order valence-corrected chi connectivity index (χ2v) is 4.79. The SMILES string of the molecule is O=C1Cc2cc(CNC(=O)C3CNC3)ccc2N1.